The van der Waals surface area contributed by atoms with Crippen LogP contribution in [0.3, 0.4) is 0 Å². The van der Waals surface area contributed by atoms with E-state index in [-0.39, 0.29) is 11.9 Å². The number of pyridine rings is 1. The maximum Gasteiger partial charge on any atom is 0.254 e. The van der Waals surface area contributed by atoms with Crippen molar-refractivity contribution in [2.45, 2.75) is 39.7 Å². The Bertz CT molecular complexity index is 479. The predicted molar refractivity (Wildman–Crippen MR) is 79.4 cm³/mol. The van der Waals surface area contributed by atoms with Gasteiger partial charge in [-0.1, -0.05) is 6.92 Å². The Balaban J connectivity index is 2.85. The number of anilines is 1. The Morgan fingerprint density at radius 3 is 2.90 bits per heavy atom. The Morgan fingerprint density at radius 1 is 1.55 bits per heavy atom. The van der Waals surface area contributed by atoms with Gasteiger partial charge in [0.1, 0.15) is 5.82 Å². The normalized spacial score (nSPS) is 10.2. The summed E-state index contributed by atoms with van der Waals surface area (Å²) in [6, 6.07) is 5.62. The third-order valence-corrected chi connectivity index (χ3v) is 2.91. The number of hydrogen-bond donors (Lipinski definition) is 1. The number of aromatic nitrogens is 1. The Hall–Kier alpha value is -2.09. The highest BCUT2D eigenvalue weighted by atomic mass is 16.2. The molecule has 0 atom stereocenters. The van der Waals surface area contributed by atoms with Crippen molar-refractivity contribution in [2.24, 2.45) is 0 Å². The second-order valence-corrected chi connectivity index (χ2v) is 4.86. The zero-order chi connectivity index (χ0) is 15.0. The summed E-state index contributed by atoms with van der Waals surface area (Å²) in [4.78, 5) is 18.4. The van der Waals surface area contributed by atoms with Crippen molar-refractivity contribution in [2.75, 3.05) is 18.4 Å². The average molecular weight is 274 g/mol. The molecule has 0 aliphatic rings. The van der Waals surface area contributed by atoms with Gasteiger partial charge in [0.25, 0.3) is 5.91 Å². The molecule has 0 aliphatic carbocycles. The number of nitrogens with one attached hydrogen (secondary N) is 1. The lowest BCUT2D eigenvalue weighted by Crippen LogP contribution is -2.37. The highest BCUT2D eigenvalue weighted by Crippen LogP contribution is 2.12. The van der Waals surface area contributed by atoms with Crippen molar-refractivity contribution in [1.29, 1.82) is 5.26 Å². The molecule has 108 valence electrons. The molecule has 0 fully saturated rings. The first-order chi connectivity index (χ1) is 9.60. The summed E-state index contributed by atoms with van der Waals surface area (Å²) in [5.41, 5.74) is 0.602. The Morgan fingerprint density at radius 2 is 2.30 bits per heavy atom. The average Bonchev–Trinajstić information content (AvgIpc) is 2.45. The largest absolute Gasteiger partial charge is 0.370 e. The fourth-order valence-corrected chi connectivity index (χ4v) is 1.84. The van der Waals surface area contributed by atoms with Crippen LogP contribution in [0, 0.1) is 11.3 Å². The van der Waals surface area contributed by atoms with Crippen molar-refractivity contribution in [1.82, 2.24) is 9.88 Å². The molecule has 20 heavy (non-hydrogen) atoms. The minimum absolute atomic E-state index is 0.0581. The van der Waals surface area contributed by atoms with Crippen LogP contribution in [-0.2, 0) is 0 Å². The van der Waals surface area contributed by atoms with Crippen molar-refractivity contribution in [3.63, 3.8) is 0 Å². The Kier molecular flexibility index (Phi) is 6.51. The van der Waals surface area contributed by atoms with Crippen LogP contribution < -0.4 is 5.32 Å². The van der Waals surface area contributed by atoms with Crippen LogP contribution in [0.25, 0.3) is 0 Å². The van der Waals surface area contributed by atoms with Gasteiger partial charge in [0.05, 0.1) is 12.5 Å². The summed E-state index contributed by atoms with van der Waals surface area (Å²) in [5, 5.41) is 11.8. The minimum atomic E-state index is -0.0581. The van der Waals surface area contributed by atoms with E-state index >= 15 is 0 Å². The standard InChI is InChI=1S/C15H22N4O/c1-4-8-17-14-11-13(6-9-18-14)15(20)19(12(2)3)10-5-7-16/h6,9,11-12H,4-5,8,10H2,1-3H3,(H,17,18). The molecule has 0 saturated heterocycles. The van der Waals surface area contributed by atoms with Gasteiger partial charge in [-0.2, -0.15) is 5.26 Å². The van der Waals surface area contributed by atoms with Gasteiger partial charge in [0.2, 0.25) is 0 Å². The minimum Gasteiger partial charge on any atom is -0.370 e. The molecule has 1 aromatic rings. The number of nitriles is 1. The second-order valence-electron chi connectivity index (χ2n) is 4.86. The summed E-state index contributed by atoms with van der Waals surface area (Å²) in [7, 11) is 0. The summed E-state index contributed by atoms with van der Waals surface area (Å²) >= 11 is 0. The predicted octanol–water partition coefficient (Wildman–Crippen LogP) is 2.67. The van der Waals surface area contributed by atoms with Gasteiger partial charge in [0, 0.05) is 30.9 Å². The first-order valence-corrected chi connectivity index (χ1v) is 6.98. The number of carbonyl (C=O) groups is 1. The van der Waals surface area contributed by atoms with Crippen LogP contribution in [0.4, 0.5) is 5.82 Å². The number of amides is 1. The number of nitrogens with zero attached hydrogens (tertiary/aromatic N) is 3. The summed E-state index contributed by atoms with van der Waals surface area (Å²) in [6.07, 6.45) is 2.98. The van der Waals surface area contributed by atoms with Crippen molar-refractivity contribution >= 4 is 11.7 Å². The zero-order valence-electron chi connectivity index (χ0n) is 12.4. The molecule has 0 spiro atoms. The van der Waals surface area contributed by atoms with Crippen molar-refractivity contribution in [3.05, 3.63) is 23.9 Å². The van der Waals surface area contributed by atoms with E-state index < -0.39 is 0 Å². The second kappa shape index (κ2) is 8.16. The van der Waals surface area contributed by atoms with E-state index in [1.807, 2.05) is 13.8 Å². The van der Waals surface area contributed by atoms with Gasteiger partial charge in [0.15, 0.2) is 0 Å². The maximum absolute atomic E-state index is 12.5. The molecular formula is C15H22N4O. The van der Waals surface area contributed by atoms with E-state index in [2.05, 4.69) is 23.3 Å². The highest BCUT2D eigenvalue weighted by molar-refractivity contribution is 5.95. The van der Waals surface area contributed by atoms with Gasteiger partial charge in [-0.15, -0.1) is 0 Å². The van der Waals surface area contributed by atoms with E-state index in [9.17, 15) is 4.79 Å². The van der Waals surface area contributed by atoms with Crippen LogP contribution in [0.1, 0.15) is 44.0 Å². The van der Waals surface area contributed by atoms with E-state index in [1.165, 1.54) is 0 Å². The lowest BCUT2D eigenvalue weighted by atomic mass is 10.2. The molecule has 1 aromatic heterocycles. The van der Waals surface area contributed by atoms with Crippen molar-refractivity contribution in [3.8, 4) is 6.07 Å². The number of carbonyl (C=O) groups excluding carboxylic acids is 1. The molecule has 0 bridgehead atoms. The topological polar surface area (TPSA) is 69.0 Å². The molecule has 1 N–H and O–H groups in total. The highest BCUT2D eigenvalue weighted by Gasteiger charge is 2.18. The van der Waals surface area contributed by atoms with Crippen LogP contribution in [0.15, 0.2) is 18.3 Å². The van der Waals surface area contributed by atoms with Gasteiger partial charge >= 0.3 is 0 Å². The summed E-state index contributed by atoms with van der Waals surface area (Å²) in [6.45, 7) is 7.25. The molecule has 0 radical (unpaired) electrons. The van der Waals surface area contributed by atoms with Crippen LogP contribution >= 0.6 is 0 Å². The fourth-order valence-electron chi connectivity index (χ4n) is 1.84. The lowest BCUT2D eigenvalue weighted by molar-refractivity contribution is 0.0710. The molecule has 0 saturated carbocycles. The van der Waals surface area contributed by atoms with E-state index in [0.717, 1.165) is 13.0 Å². The van der Waals surface area contributed by atoms with E-state index in [1.54, 1.807) is 23.2 Å². The molecular weight excluding hydrogens is 252 g/mol. The lowest BCUT2D eigenvalue weighted by Gasteiger charge is -2.26. The molecule has 5 heteroatoms. The first kappa shape index (κ1) is 16.0. The molecule has 0 aliphatic heterocycles. The quantitative estimate of drug-likeness (QED) is 0.830. The van der Waals surface area contributed by atoms with Crippen LogP contribution in [0.2, 0.25) is 0 Å². The summed E-state index contributed by atoms with van der Waals surface area (Å²) < 4.78 is 0. The van der Waals surface area contributed by atoms with Crippen LogP contribution in [-0.4, -0.2) is 34.9 Å². The van der Waals surface area contributed by atoms with Gasteiger partial charge < -0.3 is 10.2 Å². The molecule has 1 amide bonds. The summed E-state index contributed by atoms with van der Waals surface area (Å²) in [5.74, 6) is 0.652. The molecule has 0 unspecified atom stereocenters. The maximum atomic E-state index is 12.5. The smallest absolute Gasteiger partial charge is 0.254 e. The van der Waals surface area contributed by atoms with Gasteiger partial charge in [-0.3, -0.25) is 4.79 Å². The van der Waals surface area contributed by atoms with E-state index in [0.29, 0.717) is 24.3 Å². The number of rotatable bonds is 7. The molecule has 5 nitrogen and oxygen atoms in total. The number of hydrogen-bond acceptors (Lipinski definition) is 4. The van der Waals surface area contributed by atoms with Crippen molar-refractivity contribution < 1.29 is 4.79 Å². The van der Waals surface area contributed by atoms with Gasteiger partial charge in [-0.05, 0) is 32.4 Å². The molecule has 1 heterocycles. The van der Waals surface area contributed by atoms with E-state index in [4.69, 9.17) is 5.26 Å². The SMILES string of the molecule is CCCNc1cc(C(=O)N(CCC#N)C(C)C)ccn1. The molecule has 1 rings (SSSR count). The van der Waals surface area contributed by atoms with Gasteiger partial charge in [-0.25, -0.2) is 4.98 Å². The Labute approximate surface area is 120 Å². The monoisotopic (exact) mass is 274 g/mol. The van der Waals surface area contributed by atoms with Crippen LogP contribution in [0.5, 0.6) is 0 Å². The zero-order valence-corrected chi connectivity index (χ0v) is 12.4. The first-order valence-electron chi connectivity index (χ1n) is 6.98. The molecule has 0 aromatic carbocycles. The fraction of sp³-hybridized carbons (Fsp3) is 0.533. The third kappa shape index (κ3) is 4.54. The third-order valence-electron chi connectivity index (χ3n) is 2.91.